The number of ether oxygens (including phenoxy) is 1. The molecule has 0 aliphatic rings. The van der Waals surface area contributed by atoms with Crippen molar-refractivity contribution in [3.63, 3.8) is 0 Å². The highest BCUT2D eigenvalue weighted by molar-refractivity contribution is 6.30. The molecule has 4 nitrogen and oxygen atoms in total. The van der Waals surface area contributed by atoms with Crippen molar-refractivity contribution in [3.8, 4) is 5.75 Å². The zero-order valence-electron chi connectivity index (χ0n) is 10.3. The van der Waals surface area contributed by atoms with Gasteiger partial charge in [-0.15, -0.1) is 6.58 Å². The van der Waals surface area contributed by atoms with Gasteiger partial charge in [-0.3, -0.25) is 4.79 Å². The van der Waals surface area contributed by atoms with E-state index in [0.29, 0.717) is 17.3 Å². The summed E-state index contributed by atoms with van der Waals surface area (Å²) in [6.45, 7) is 5.70. The molecule has 1 aromatic rings. The monoisotopic (exact) mass is 268 g/mol. The average Bonchev–Trinajstić information content (AvgIpc) is 2.34. The molecule has 1 atom stereocenters. The summed E-state index contributed by atoms with van der Waals surface area (Å²) in [6, 6.07) is 4.94. The summed E-state index contributed by atoms with van der Waals surface area (Å²) in [5.41, 5.74) is 6.59. The van der Waals surface area contributed by atoms with Crippen LogP contribution in [0.15, 0.2) is 30.9 Å². The molecular formula is C13H17ClN2O2. The summed E-state index contributed by atoms with van der Waals surface area (Å²) in [5.74, 6) is 0.364. The highest BCUT2D eigenvalue weighted by Gasteiger charge is 2.10. The SMILES string of the molecule is C=CCNC(=O)COc1ccc(Cl)cc1C(C)N. The van der Waals surface area contributed by atoms with Crippen molar-refractivity contribution in [1.82, 2.24) is 5.32 Å². The maximum Gasteiger partial charge on any atom is 0.258 e. The van der Waals surface area contributed by atoms with Crippen molar-refractivity contribution in [1.29, 1.82) is 0 Å². The molecule has 0 fully saturated rings. The largest absolute Gasteiger partial charge is 0.483 e. The number of halogens is 1. The molecule has 3 N–H and O–H groups in total. The number of carbonyl (C=O) groups is 1. The number of benzene rings is 1. The van der Waals surface area contributed by atoms with Gasteiger partial charge in [-0.2, -0.15) is 0 Å². The average molecular weight is 269 g/mol. The van der Waals surface area contributed by atoms with Gasteiger partial charge in [-0.05, 0) is 25.1 Å². The number of amides is 1. The van der Waals surface area contributed by atoms with E-state index in [9.17, 15) is 4.79 Å². The minimum absolute atomic E-state index is 0.0603. The van der Waals surface area contributed by atoms with E-state index >= 15 is 0 Å². The van der Waals surface area contributed by atoms with Gasteiger partial charge in [-0.1, -0.05) is 17.7 Å². The molecule has 1 unspecified atom stereocenters. The van der Waals surface area contributed by atoms with Gasteiger partial charge in [0.05, 0.1) is 0 Å². The maximum absolute atomic E-state index is 11.4. The second-order valence-electron chi connectivity index (χ2n) is 3.85. The lowest BCUT2D eigenvalue weighted by molar-refractivity contribution is -0.122. The fraction of sp³-hybridized carbons (Fsp3) is 0.308. The van der Waals surface area contributed by atoms with E-state index in [4.69, 9.17) is 22.1 Å². The highest BCUT2D eigenvalue weighted by Crippen LogP contribution is 2.27. The van der Waals surface area contributed by atoms with Crippen LogP contribution in [-0.2, 0) is 4.79 Å². The van der Waals surface area contributed by atoms with Gasteiger partial charge in [0.2, 0.25) is 0 Å². The number of hydrogen-bond acceptors (Lipinski definition) is 3. The van der Waals surface area contributed by atoms with Crippen molar-refractivity contribution >= 4 is 17.5 Å². The van der Waals surface area contributed by atoms with E-state index in [1.165, 1.54) is 0 Å². The molecule has 0 radical (unpaired) electrons. The standard InChI is InChI=1S/C13H17ClN2O2/c1-3-6-16-13(17)8-18-12-5-4-10(14)7-11(12)9(2)15/h3-5,7,9H,1,6,8,15H2,2H3,(H,16,17). The van der Waals surface area contributed by atoms with Gasteiger partial charge in [0, 0.05) is 23.2 Å². The van der Waals surface area contributed by atoms with E-state index in [1.807, 2.05) is 6.92 Å². The van der Waals surface area contributed by atoms with Crippen LogP contribution in [-0.4, -0.2) is 19.1 Å². The van der Waals surface area contributed by atoms with Gasteiger partial charge in [0.25, 0.3) is 5.91 Å². The predicted molar refractivity (Wildman–Crippen MR) is 72.8 cm³/mol. The Kier molecular flexibility index (Phi) is 5.68. The lowest BCUT2D eigenvalue weighted by atomic mass is 10.1. The highest BCUT2D eigenvalue weighted by atomic mass is 35.5. The molecule has 0 aliphatic heterocycles. The topological polar surface area (TPSA) is 64.3 Å². The molecule has 5 heteroatoms. The number of nitrogens with one attached hydrogen (secondary N) is 1. The van der Waals surface area contributed by atoms with Crippen LogP contribution < -0.4 is 15.8 Å². The fourth-order valence-electron chi connectivity index (χ4n) is 1.39. The summed E-state index contributed by atoms with van der Waals surface area (Å²) < 4.78 is 5.43. The van der Waals surface area contributed by atoms with Crippen LogP contribution in [0.5, 0.6) is 5.75 Å². The Morgan fingerprint density at radius 3 is 3.00 bits per heavy atom. The van der Waals surface area contributed by atoms with Crippen LogP contribution in [0.3, 0.4) is 0 Å². The zero-order chi connectivity index (χ0) is 13.5. The van der Waals surface area contributed by atoms with E-state index in [2.05, 4.69) is 11.9 Å². The zero-order valence-corrected chi connectivity index (χ0v) is 11.0. The Bertz CT molecular complexity index is 433. The van der Waals surface area contributed by atoms with Gasteiger partial charge in [0.15, 0.2) is 6.61 Å². The lowest BCUT2D eigenvalue weighted by Crippen LogP contribution is -2.29. The first kappa shape index (κ1) is 14.5. The molecule has 0 bridgehead atoms. The van der Waals surface area contributed by atoms with Crippen LogP contribution in [0.25, 0.3) is 0 Å². The Hall–Kier alpha value is -1.52. The minimum atomic E-state index is -0.213. The second kappa shape index (κ2) is 7.03. The number of nitrogens with two attached hydrogens (primary N) is 1. The Morgan fingerprint density at radius 2 is 2.39 bits per heavy atom. The van der Waals surface area contributed by atoms with Gasteiger partial charge >= 0.3 is 0 Å². The first-order valence-electron chi connectivity index (χ1n) is 5.60. The Morgan fingerprint density at radius 1 is 1.67 bits per heavy atom. The molecule has 0 aromatic heterocycles. The molecule has 1 aromatic carbocycles. The number of rotatable bonds is 6. The van der Waals surface area contributed by atoms with Crippen molar-refractivity contribution in [2.45, 2.75) is 13.0 Å². The number of carbonyl (C=O) groups excluding carboxylic acids is 1. The summed E-state index contributed by atoms with van der Waals surface area (Å²) in [5, 5.41) is 3.21. The lowest BCUT2D eigenvalue weighted by Gasteiger charge is -2.14. The third kappa shape index (κ3) is 4.39. The van der Waals surface area contributed by atoms with Crippen LogP contribution in [0, 0.1) is 0 Å². The van der Waals surface area contributed by atoms with E-state index in [-0.39, 0.29) is 18.6 Å². The molecule has 0 saturated carbocycles. The van der Waals surface area contributed by atoms with Crippen LogP contribution in [0.4, 0.5) is 0 Å². The molecule has 98 valence electrons. The first-order valence-corrected chi connectivity index (χ1v) is 5.97. The molecule has 0 heterocycles. The molecular weight excluding hydrogens is 252 g/mol. The van der Waals surface area contributed by atoms with Crippen LogP contribution >= 0.6 is 11.6 Å². The molecule has 0 saturated heterocycles. The summed E-state index contributed by atoms with van der Waals surface area (Å²) >= 11 is 5.89. The van der Waals surface area contributed by atoms with Crippen molar-refractivity contribution in [3.05, 3.63) is 41.4 Å². The Labute approximate surface area is 112 Å². The van der Waals surface area contributed by atoms with Crippen LogP contribution in [0.1, 0.15) is 18.5 Å². The molecule has 18 heavy (non-hydrogen) atoms. The summed E-state index contributed by atoms with van der Waals surface area (Å²) in [6.07, 6.45) is 1.60. The van der Waals surface area contributed by atoms with Crippen molar-refractivity contribution < 1.29 is 9.53 Å². The molecule has 0 aliphatic carbocycles. The smallest absolute Gasteiger partial charge is 0.258 e. The fourth-order valence-corrected chi connectivity index (χ4v) is 1.57. The summed E-state index contributed by atoms with van der Waals surface area (Å²) in [7, 11) is 0. The van der Waals surface area contributed by atoms with E-state index in [0.717, 1.165) is 5.56 Å². The third-order valence-corrected chi connectivity index (χ3v) is 2.50. The van der Waals surface area contributed by atoms with Gasteiger partial charge in [-0.25, -0.2) is 0 Å². The van der Waals surface area contributed by atoms with Gasteiger partial charge < -0.3 is 15.8 Å². The first-order chi connectivity index (χ1) is 8.54. The maximum atomic E-state index is 11.4. The minimum Gasteiger partial charge on any atom is -0.483 e. The van der Waals surface area contributed by atoms with Gasteiger partial charge in [0.1, 0.15) is 5.75 Å². The van der Waals surface area contributed by atoms with Crippen molar-refractivity contribution in [2.75, 3.05) is 13.2 Å². The normalized spacial score (nSPS) is 11.7. The molecule has 1 amide bonds. The quantitative estimate of drug-likeness (QED) is 0.776. The van der Waals surface area contributed by atoms with E-state index in [1.54, 1.807) is 24.3 Å². The predicted octanol–water partition coefficient (Wildman–Crippen LogP) is 2.04. The van der Waals surface area contributed by atoms with E-state index < -0.39 is 0 Å². The molecule has 1 rings (SSSR count). The Balaban J connectivity index is 2.66. The third-order valence-electron chi connectivity index (χ3n) is 2.26. The van der Waals surface area contributed by atoms with Crippen LogP contribution in [0.2, 0.25) is 5.02 Å². The summed E-state index contributed by atoms with van der Waals surface area (Å²) in [4.78, 5) is 11.4. The molecule has 0 spiro atoms. The number of hydrogen-bond donors (Lipinski definition) is 2. The second-order valence-corrected chi connectivity index (χ2v) is 4.29. The van der Waals surface area contributed by atoms with Crippen molar-refractivity contribution in [2.24, 2.45) is 5.73 Å².